The average molecular weight is 325 g/mol. The maximum absolute atomic E-state index is 13.0. The molecule has 1 amide bonds. The normalized spacial score (nSPS) is 10.6. The molecule has 0 aliphatic heterocycles. The Kier molecular flexibility index (Phi) is 3.99. The first kappa shape index (κ1) is 15.7. The van der Waals surface area contributed by atoms with Gasteiger partial charge in [-0.1, -0.05) is 0 Å². The van der Waals surface area contributed by atoms with Gasteiger partial charge in [-0.05, 0) is 49.7 Å². The maximum atomic E-state index is 13.0. The number of nitrogens with one attached hydrogen (secondary N) is 2. The number of aromatic amines is 1. The number of carbonyl (C=O) groups excluding carboxylic acids is 1. The van der Waals surface area contributed by atoms with Crippen molar-refractivity contribution >= 4 is 17.5 Å². The van der Waals surface area contributed by atoms with Crippen molar-refractivity contribution in [3.8, 4) is 11.3 Å². The summed E-state index contributed by atoms with van der Waals surface area (Å²) in [6, 6.07) is 7.66. The first-order chi connectivity index (χ1) is 11.5. The van der Waals surface area contributed by atoms with Crippen molar-refractivity contribution in [2.45, 2.75) is 13.8 Å². The van der Waals surface area contributed by atoms with Gasteiger partial charge in [0.15, 0.2) is 0 Å². The molecular weight excluding hydrogens is 309 g/mol. The van der Waals surface area contributed by atoms with E-state index in [1.807, 2.05) is 13.8 Å². The molecule has 2 heterocycles. The number of halogens is 1. The van der Waals surface area contributed by atoms with Gasteiger partial charge in [0, 0.05) is 23.1 Å². The van der Waals surface area contributed by atoms with Crippen LogP contribution in [0, 0.1) is 19.7 Å². The molecule has 122 valence electrons. The van der Waals surface area contributed by atoms with Crippen LogP contribution in [0.1, 0.15) is 21.7 Å². The van der Waals surface area contributed by atoms with Gasteiger partial charge in [-0.25, -0.2) is 14.4 Å². The Labute approximate surface area is 138 Å². The van der Waals surface area contributed by atoms with Crippen LogP contribution in [0.4, 0.5) is 16.0 Å². The third-order valence-electron chi connectivity index (χ3n) is 3.70. The lowest BCUT2D eigenvalue weighted by Gasteiger charge is -2.07. The predicted octanol–water partition coefficient (Wildman–Crippen LogP) is 3.07. The largest absolute Gasteiger partial charge is 0.364 e. The molecule has 7 heteroatoms. The number of aryl methyl sites for hydroxylation is 1. The fourth-order valence-electron chi connectivity index (χ4n) is 2.60. The molecule has 1 aromatic carbocycles. The van der Waals surface area contributed by atoms with Gasteiger partial charge in [0.25, 0.3) is 5.91 Å². The molecule has 3 rings (SSSR count). The standard InChI is InChI=1S/C17H16FN5O/c1-9-14(10(2)21-15(9)16(19)24)13-7-8-20-17(23-13)22-12-5-3-11(18)4-6-12/h3-8,21H,1-2H3,(H2,19,24)(H,20,22,23). The van der Waals surface area contributed by atoms with Crippen molar-refractivity contribution in [2.24, 2.45) is 5.73 Å². The molecule has 0 atom stereocenters. The van der Waals surface area contributed by atoms with Crippen molar-refractivity contribution in [3.05, 3.63) is 59.3 Å². The van der Waals surface area contributed by atoms with Crippen LogP contribution in [-0.2, 0) is 0 Å². The zero-order valence-electron chi connectivity index (χ0n) is 13.2. The second-order valence-corrected chi connectivity index (χ2v) is 5.39. The van der Waals surface area contributed by atoms with E-state index in [-0.39, 0.29) is 5.82 Å². The van der Waals surface area contributed by atoms with Crippen molar-refractivity contribution < 1.29 is 9.18 Å². The number of rotatable bonds is 4. The minimum atomic E-state index is -0.513. The quantitative estimate of drug-likeness (QED) is 0.687. The summed E-state index contributed by atoms with van der Waals surface area (Å²) in [4.78, 5) is 23.1. The first-order valence-corrected chi connectivity index (χ1v) is 7.30. The monoisotopic (exact) mass is 325 g/mol. The van der Waals surface area contributed by atoms with Crippen LogP contribution in [0.15, 0.2) is 36.5 Å². The van der Waals surface area contributed by atoms with Crippen molar-refractivity contribution in [2.75, 3.05) is 5.32 Å². The summed E-state index contributed by atoms with van der Waals surface area (Å²) in [7, 11) is 0. The van der Waals surface area contributed by atoms with Crippen LogP contribution in [-0.4, -0.2) is 20.9 Å². The Morgan fingerprint density at radius 3 is 2.54 bits per heavy atom. The van der Waals surface area contributed by atoms with E-state index in [0.717, 1.165) is 16.8 Å². The van der Waals surface area contributed by atoms with E-state index < -0.39 is 5.91 Å². The maximum Gasteiger partial charge on any atom is 0.265 e. The second kappa shape index (κ2) is 6.11. The molecule has 24 heavy (non-hydrogen) atoms. The zero-order valence-corrected chi connectivity index (χ0v) is 13.2. The van der Waals surface area contributed by atoms with Gasteiger partial charge >= 0.3 is 0 Å². The molecule has 0 bridgehead atoms. The van der Waals surface area contributed by atoms with E-state index in [9.17, 15) is 9.18 Å². The Bertz CT molecular complexity index is 902. The van der Waals surface area contributed by atoms with Gasteiger partial charge in [0.2, 0.25) is 5.95 Å². The molecule has 0 saturated heterocycles. The lowest BCUT2D eigenvalue weighted by molar-refractivity contribution is 0.0995. The number of hydrogen-bond acceptors (Lipinski definition) is 4. The molecule has 2 aromatic heterocycles. The van der Waals surface area contributed by atoms with Gasteiger partial charge in [0.05, 0.1) is 5.69 Å². The van der Waals surface area contributed by atoms with Crippen LogP contribution in [0.25, 0.3) is 11.3 Å². The molecule has 0 unspecified atom stereocenters. The Hall–Kier alpha value is -3.22. The van der Waals surface area contributed by atoms with Gasteiger partial charge in [-0.15, -0.1) is 0 Å². The fraction of sp³-hybridized carbons (Fsp3) is 0.118. The minimum Gasteiger partial charge on any atom is -0.364 e. The molecule has 0 spiro atoms. The number of nitrogens with zero attached hydrogens (tertiary/aromatic N) is 2. The molecule has 4 N–H and O–H groups in total. The molecule has 0 aliphatic rings. The molecular formula is C17H16FN5O. The van der Waals surface area contributed by atoms with E-state index in [0.29, 0.717) is 23.0 Å². The summed E-state index contributed by atoms with van der Waals surface area (Å²) >= 11 is 0. The number of hydrogen-bond donors (Lipinski definition) is 3. The lowest BCUT2D eigenvalue weighted by Crippen LogP contribution is -2.12. The van der Waals surface area contributed by atoms with Crippen LogP contribution in [0.5, 0.6) is 0 Å². The Morgan fingerprint density at radius 1 is 1.21 bits per heavy atom. The summed E-state index contributed by atoms with van der Waals surface area (Å²) < 4.78 is 13.0. The molecule has 0 aliphatic carbocycles. The van der Waals surface area contributed by atoms with Gasteiger partial charge in [-0.2, -0.15) is 0 Å². The number of nitrogens with two attached hydrogens (primary N) is 1. The number of primary amides is 1. The third-order valence-corrected chi connectivity index (χ3v) is 3.70. The highest BCUT2D eigenvalue weighted by Crippen LogP contribution is 2.28. The summed E-state index contributed by atoms with van der Waals surface area (Å²) in [5.74, 6) is -0.451. The van der Waals surface area contributed by atoms with Gasteiger partial charge in [0.1, 0.15) is 11.5 Å². The van der Waals surface area contributed by atoms with E-state index in [4.69, 9.17) is 5.73 Å². The van der Waals surface area contributed by atoms with Crippen molar-refractivity contribution in [1.29, 1.82) is 0 Å². The molecule has 0 fully saturated rings. The van der Waals surface area contributed by atoms with Gasteiger partial charge < -0.3 is 16.0 Å². The number of H-pyrrole nitrogens is 1. The topological polar surface area (TPSA) is 96.7 Å². The number of carbonyl (C=O) groups is 1. The highest BCUT2D eigenvalue weighted by atomic mass is 19.1. The third kappa shape index (κ3) is 2.96. The fourth-order valence-corrected chi connectivity index (χ4v) is 2.60. The Morgan fingerprint density at radius 2 is 1.92 bits per heavy atom. The molecule has 6 nitrogen and oxygen atoms in total. The van der Waals surface area contributed by atoms with E-state index in [1.54, 1.807) is 24.4 Å². The van der Waals surface area contributed by atoms with Gasteiger partial charge in [-0.3, -0.25) is 4.79 Å². The number of amides is 1. The number of anilines is 2. The SMILES string of the molecule is Cc1[nH]c(C(N)=O)c(C)c1-c1ccnc(Nc2ccc(F)cc2)n1. The van der Waals surface area contributed by atoms with E-state index in [2.05, 4.69) is 20.3 Å². The highest BCUT2D eigenvalue weighted by Gasteiger charge is 2.17. The number of aromatic nitrogens is 3. The van der Waals surface area contributed by atoms with E-state index in [1.165, 1.54) is 12.1 Å². The smallest absolute Gasteiger partial charge is 0.265 e. The summed E-state index contributed by atoms with van der Waals surface area (Å²) in [6.45, 7) is 3.66. The summed E-state index contributed by atoms with van der Waals surface area (Å²) in [5.41, 5.74) is 9.43. The first-order valence-electron chi connectivity index (χ1n) is 7.30. The molecule has 0 saturated carbocycles. The van der Waals surface area contributed by atoms with Crippen LogP contribution < -0.4 is 11.1 Å². The highest BCUT2D eigenvalue weighted by molar-refractivity contribution is 5.95. The van der Waals surface area contributed by atoms with Crippen LogP contribution in [0.3, 0.4) is 0 Å². The van der Waals surface area contributed by atoms with E-state index >= 15 is 0 Å². The average Bonchev–Trinajstić information content (AvgIpc) is 2.85. The van der Waals surface area contributed by atoms with Crippen molar-refractivity contribution in [3.63, 3.8) is 0 Å². The zero-order chi connectivity index (χ0) is 17.3. The Balaban J connectivity index is 1.96. The summed E-state index contributed by atoms with van der Waals surface area (Å²) in [5, 5.41) is 3.02. The molecule has 0 radical (unpaired) electrons. The minimum absolute atomic E-state index is 0.312. The summed E-state index contributed by atoms with van der Waals surface area (Å²) in [6.07, 6.45) is 1.62. The predicted molar refractivity (Wildman–Crippen MR) is 89.5 cm³/mol. The molecule has 3 aromatic rings. The van der Waals surface area contributed by atoms with Crippen LogP contribution in [0.2, 0.25) is 0 Å². The lowest BCUT2D eigenvalue weighted by atomic mass is 10.1. The number of benzene rings is 1. The van der Waals surface area contributed by atoms with Crippen molar-refractivity contribution in [1.82, 2.24) is 15.0 Å². The van der Waals surface area contributed by atoms with Crippen LogP contribution >= 0.6 is 0 Å². The second-order valence-electron chi connectivity index (χ2n) is 5.39.